The molecule has 0 aromatic heterocycles. The largest absolute Gasteiger partial charge is 0.756 e. The predicted molar refractivity (Wildman–Crippen MR) is 288 cm³/mol. The summed E-state index contributed by atoms with van der Waals surface area (Å²) in [5, 5.41) is 13.9. The quantitative estimate of drug-likeness (QED) is 0.0272. The van der Waals surface area contributed by atoms with Crippen LogP contribution in [0.3, 0.4) is 0 Å². The number of carbonyl (C=O) groups is 1. The van der Waals surface area contributed by atoms with Crippen molar-refractivity contribution in [2.45, 2.75) is 276 Å². The molecule has 394 valence electrons. The van der Waals surface area contributed by atoms with E-state index in [0.717, 1.165) is 44.9 Å². The van der Waals surface area contributed by atoms with Crippen LogP contribution in [-0.4, -0.2) is 68.5 Å². The van der Waals surface area contributed by atoms with Crippen LogP contribution in [0.1, 0.15) is 264 Å². The highest BCUT2D eigenvalue weighted by molar-refractivity contribution is 7.45. The van der Waals surface area contributed by atoms with Crippen molar-refractivity contribution in [2.75, 3.05) is 40.9 Å². The van der Waals surface area contributed by atoms with Crippen molar-refractivity contribution < 1.29 is 32.9 Å². The molecule has 0 aliphatic heterocycles. The lowest BCUT2D eigenvalue weighted by Crippen LogP contribution is -2.45. The Hall–Kier alpha value is -1.54. The predicted octanol–water partition coefficient (Wildman–Crippen LogP) is 16.5. The van der Waals surface area contributed by atoms with E-state index in [2.05, 4.69) is 55.6 Å². The molecule has 0 bridgehead atoms. The van der Waals surface area contributed by atoms with Gasteiger partial charge in [0.15, 0.2) is 0 Å². The molecule has 0 radical (unpaired) electrons. The van der Waals surface area contributed by atoms with Gasteiger partial charge in [-0.15, -0.1) is 0 Å². The van der Waals surface area contributed by atoms with E-state index in [4.69, 9.17) is 9.05 Å². The molecule has 3 unspecified atom stereocenters. The second kappa shape index (κ2) is 49.4. The first-order chi connectivity index (χ1) is 32.5. The van der Waals surface area contributed by atoms with Crippen molar-refractivity contribution in [2.24, 2.45) is 0 Å². The number of aliphatic hydroxyl groups is 1. The Balaban J connectivity index is 4.31. The molecule has 0 saturated heterocycles. The number of hydrogen-bond donors (Lipinski definition) is 2. The molecule has 1 amide bonds. The van der Waals surface area contributed by atoms with Gasteiger partial charge in [0.1, 0.15) is 13.2 Å². The minimum absolute atomic E-state index is 0.0103. The fraction of sp³-hybridized carbons (Fsp3) is 0.845. The van der Waals surface area contributed by atoms with Crippen molar-refractivity contribution >= 4 is 13.7 Å². The van der Waals surface area contributed by atoms with Gasteiger partial charge in [-0.3, -0.25) is 9.36 Å². The highest BCUT2D eigenvalue weighted by Crippen LogP contribution is 2.38. The Morgan fingerprint density at radius 1 is 0.507 bits per heavy atom. The summed E-state index contributed by atoms with van der Waals surface area (Å²) in [5.74, 6) is -0.214. The van der Waals surface area contributed by atoms with Gasteiger partial charge in [-0.1, -0.05) is 236 Å². The number of amides is 1. The summed E-state index contributed by atoms with van der Waals surface area (Å²) >= 11 is 0. The van der Waals surface area contributed by atoms with Gasteiger partial charge in [0.05, 0.1) is 39.9 Å². The number of phosphoric acid groups is 1. The first-order valence-electron chi connectivity index (χ1n) is 28.5. The summed E-state index contributed by atoms with van der Waals surface area (Å²) in [6.45, 7) is 4.64. The summed E-state index contributed by atoms with van der Waals surface area (Å²) in [5.41, 5.74) is 0. The van der Waals surface area contributed by atoms with Crippen molar-refractivity contribution in [3.8, 4) is 0 Å². The second-order valence-corrected chi connectivity index (χ2v) is 22.0. The molecule has 0 rings (SSSR count). The molecule has 9 heteroatoms. The molecule has 3 atom stereocenters. The van der Waals surface area contributed by atoms with E-state index in [-0.39, 0.29) is 12.5 Å². The monoisotopic (exact) mass is 963 g/mol. The number of likely N-dealkylation sites (N-methyl/N-ethyl adjacent to an activating group) is 1. The van der Waals surface area contributed by atoms with Crippen LogP contribution in [-0.2, 0) is 18.4 Å². The molecule has 0 aliphatic carbocycles. The number of nitrogens with zero attached hydrogens (tertiary/aromatic N) is 1. The number of nitrogens with one attached hydrogen (secondary N) is 1. The molecule has 0 aliphatic rings. The normalized spacial score (nSPS) is 14.3. The zero-order chi connectivity index (χ0) is 49.2. The highest BCUT2D eigenvalue weighted by Gasteiger charge is 2.23. The van der Waals surface area contributed by atoms with E-state index >= 15 is 0 Å². The van der Waals surface area contributed by atoms with E-state index in [1.165, 1.54) is 199 Å². The average molecular weight is 964 g/mol. The van der Waals surface area contributed by atoms with Crippen LogP contribution in [0.2, 0.25) is 0 Å². The molecular weight excluding hydrogens is 852 g/mol. The SMILES string of the molecule is CCCCCCCCCCCCCC/C=C\CCCCCCCCCC(=O)NC(COP(=O)([O-])OCC[N+](C)(C)C)C(O)/C=C/CC/C=C/CC/C=C/CCCCCCCCCCCCCC. The van der Waals surface area contributed by atoms with Gasteiger partial charge in [0, 0.05) is 6.42 Å². The van der Waals surface area contributed by atoms with E-state index in [1.807, 2.05) is 27.2 Å². The molecule has 0 heterocycles. The molecule has 8 nitrogen and oxygen atoms in total. The van der Waals surface area contributed by atoms with Gasteiger partial charge in [-0.2, -0.15) is 0 Å². The van der Waals surface area contributed by atoms with Gasteiger partial charge >= 0.3 is 0 Å². The maximum atomic E-state index is 13.0. The molecular formula is C58H111N2O6P. The van der Waals surface area contributed by atoms with Gasteiger partial charge in [-0.05, 0) is 70.6 Å². The molecule has 0 spiro atoms. The van der Waals surface area contributed by atoms with E-state index < -0.39 is 26.6 Å². The van der Waals surface area contributed by atoms with Crippen LogP contribution < -0.4 is 10.2 Å². The highest BCUT2D eigenvalue weighted by atomic mass is 31.2. The number of aliphatic hydroxyl groups excluding tert-OH is 1. The smallest absolute Gasteiger partial charge is 0.268 e. The van der Waals surface area contributed by atoms with Crippen LogP contribution in [0.5, 0.6) is 0 Å². The third-order valence-corrected chi connectivity index (χ3v) is 13.7. The van der Waals surface area contributed by atoms with E-state index in [0.29, 0.717) is 17.4 Å². The molecule has 2 N–H and O–H groups in total. The molecule has 0 aromatic rings. The average Bonchev–Trinajstić information content (AvgIpc) is 3.29. The van der Waals surface area contributed by atoms with Gasteiger partial charge in [-0.25, -0.2) is 0 Å². The van der Waals surface area contributed by atoms with Gasteiger partial charge in [0.2, 0.25) is 5.91 Å². The Morgan fingerprint density at radius 2 is 0.836 bits per heavy atom. The second-order valence-electron chi connectivity index (χ2n) is 20.6. The lowest BCUT2D eigenvalue weighted by molar-refractivity contribution is -0.870. The van der Waals surface area contributed by atoms with Crippen molar-refractivity contribution in [1.82, 2.24) is 5.32 Å². The summed E-state index contributed by atoms with van der Waals surface area (Å²) in [7, 11) is 1.24. The fourth-order valence-corrected chi connectivity index (χ4v) is 8.96. The summed E-state index contributed by atoms with van der Waals surface area (Å²) in [4.78, 5) is 25.5. The Labute approximate surface area is 416 Å². The Morgan fingerprint density at radius 3 is 1.21 bits per heavy atom. The number of carbonyl (C=O) groups excluding carboxylic acids is 1. The maximum Gasteiger partial charge on any atom is 0.268 e. The maximum absolute atomic E-state index is 13.0. The van der Waals surface area contributed by atoms with E-state index in [9.17, 15) is 19.4 Å². The first kappa shape index (κ1) is 65.5. The minimum Gasteiger partial charge on any atom is -0.756 e. The fourth-order valence-electron chi connectivity index (χ4n) is 8.24. The first-order valence-corrected chi connectivity index (χ1v) is 30.0. The van der Waals surface area contributed by atoms with E-state index in [1.54, 1.807) is 6.08 Å². The standard InChI is InChI=1S/C58H111N2O6P/c1-6-8-10-12-14-16-18-20-22-24-26-28-30-32-34-36-38-40-42-44-46-48-50-52-58(62)59-56(55-66-67(63,64)65-54-53-60(3,4)5)57(61)51-49-47-45-43-41-39-37-35-33-31-29-27-25-23-21-19-17-15-13-11-9-7-2/h32-35,41,43,49,51,56-57,61H,6-31,36-40,42,44-48,50,52-55H2,1-5H3,(H-,59,62,63,64)/b34-32-,35-33+,43-41+,51-49+. The topological polar surface area (TPSA) is 108 Å². The minimum atomic E-state index is -4.61. The third-order valence-electron chi connectivity index (χ3n) is 12.7. The van der Waals surface area contributed by atoms with Gasteiger partial charge < -0.3 is 28.8 Å². The number of hydrogen-bond acceptors (Lipinski definition) is 6. The zero-order valence-corrected chi connectivity index (χ0v) is 45.7. The number of phosphoric ester groups is 1. The summed E-state index contributed by atoms with van der Waals surface area (Å²) in [6.07, 6.45) is 64.7. The summed E-state index contributed by atoms with van der Waals surface area (Å²) in [6, 6.07) is -0.913. The molecule has 0 saturated carbocycles. The molecule has 0 aromatic carbocycles. The van der Waals surface area contributed by atoms with Crippen LogP contribution in [0.25, 0.3) is 0 Å². The van der Waals surface area contributed by atoms with Crippen molar-refractivity contribution in [3.63, 3.8) is 0 Å². The van der Waals surface area contributed by atoms with Gasteiger partial charge in [0.25, 0.3) is 7.82 Å². The van der Waals surface area contributed by atoms with Crippen LogP contribution >= 0.6 is 7.82 Å². The Kier molecular flexibility index (Phi) is 48.3. The van der Waals surface area contributed by atoms with Crippen molar-refractivity contribution in [3.05, 3.63) is 48.6 Å². The summed E-state index contributed by atoms with van der Waals surface area (Å²) < 4.78 is 23.3. The zero-order valence-electron chi connectivity index (χ0n) is 44.9. The number of quaternary nitrogens is 1. The lowest BCUT2D eigenvalue weighted by Gasteiger charge is -2.29. The lowest BCUT2D eigenvalue weighted by atomic mass is 10.0. The number of rotatable bonds is 52. The van der Waals surface area contributed by atoms with Crippen molar-refractivity contribution in [1.29, 1.82) is 0 Å². The van der Waals surface area contributed by atoms with Crippen LogP contribution in [0.15, 0.2) is 48.6 Å². The third kappa shape index (κ3) is 52.1. The Bertz CT molecular complexity index is 1230. The molecule has 0 fully saturated rings. The van der Waals surface area contributed by atoms with Crippen LogP contribution in [0.4, 0.5) is 0 Å². The number of allylic oxidation sites excluding steroid dienone is 7. The molecule has 67 heavy (non-hydrogen) atoms. The number of unbranched alkanes of at least 4 members (excludes halogenated alkanes) is 33. The van der Waals surface area contributed by atoms with Crippen LogP contribution in [0, 0.1) is 0 Å².